The summed E-state index contributed by atoms with van der Waals surface area (Å²) in [4.78, 5) is 21.4. The van der Waals surface area contributed by atoms with Crippen molar-refractivity contribution in [2.45, 2.75) is 38.8 Å². The lowest BCUT2D eigenvalue weighted by molar-refractivity contribution is 0.246. The SMILES string of the molecule is CC(CO[Si](c1ccccc1)(c1ccccc1)C(C)(C)C)n1cnnc1-c1cccc(NC(=O)Nc2cc(Br)ccn2)n1. The minimum absolute atomic E-state index is 0.101. The van der Waals surface area contributed by atoms with Gasteiger partial charge in [0.2, 0.25) is 0 Å². The summed E-state index contributed by atoms with van der Waals surface area (Å²) >= 11 is 3.38. The van der Waals surface area contributed by atoms with Gasteiger partial charge in [0.05, 0.1) is 12.6 Å². The summed E-state index contributed by atoms with van der Waals surface area (Å²) in [6.45, 7) is 9.32. The van der Waals surface area contributed by atoms with E-state index in [1.165, 1.54) is 10.4 Å². The Morgan fingerprint density at radius 2 is 1.58 bits per heavy atom. The Hall–Kier alpha value is -4.19. The van der Waals surface area contributed by atoms with Gasteiger partial charge in [-0.2, -0.15) is 0 Å². The van der Waals surface area contributed by atoms with Crippen LogP contribution in [0.5, 0.6) is 0 Å². The van der Waals surface area contributed by atoms with Gasteiger partial charge in [-0.05, 0) is 46.6 Å². The molecule has 0 aliphatic rings. The van der Waals surface area contributed by atoms with Crippen LogP contribution in [0.3, 0.4) is 0 Å². The Morgan fingerprint density at radius 1 is 0.930 bits per heavy atom. The third-order valence-electron chi connectivity index (χ3n) is 7.19. The fourth-order valence-corrected chi connectivity index (χ4v) is 10.2. The monoisotopic (exact) mass is 655 g/mol. The third kappa shape index (κ3) is 6.74. The van der Waals surface area contributed by atoms with Crippen LogP contribution in [0, 0.1) is 0 Å². The van der Waals surface area contributed by atoms with Crippen molar-refractivity contribution in [3.8, 4) is 11.5 Å². The van der Waals surface area contributed by atoms with Crippen LogP contribution >= 0.6 is 15.9 Å². The molecule has 0 aliphatic carbocycles. The Bertz CT molecular complexity index is 1640. The second kappa shape index (κ2) is 13.0. The lowest BCUT2D eigenvalue weighted by atomic mass is 10.2. The molecule has 0 saturated carbocycles. The Morgan fingerprint density at radius 3 is 2.21 bits per heavy atom. The summed E-state index contributed by atoms with van der Waals surface area (Å²) in [6, 6.07) is 29.5. The van der Waals surface area contributed by atoms with Gasteiger partial charge in [-0.25, -0.2) is 14.8 Å². The number of benzene rings is 2. The zero-order valence-corrected chi connectivity index (χ0v) is 27.1. The molecular formula is C32H34BrN7O2Si. The highest BCUT2D eigenvalue weighted by atomic mass is 79.9. The molecule has 3 aromatic heterocycles. The number of amides is 2. The molecule has 1 atom stereocenters. The first kappa shape index (κ1) is 30.3. The Balaban J connectivity index is 1.38. The van der Waals surface area contributed by atoms with E-state index in [1.54, 1.807) is 30.7 Å². The molecule has 5 aromatic rings. The number of carbonyl (C=O) groups excluding carboxylic acids is 1. The molecule has 0 spiro atoms. The molecule has 0 radical (unpaired) electrons. The van der Waals surface area contributed by atoms with Crippen molar-refractivity contribution >= 4 is 52.3 Å². The zero-order valence-electron chi connectivity index (χ0n) is 24.5. The highest BCUT2D eigenvalue weighted by Crippen LogP contribution is 2.37. The van der Waals surface area contributed by atoms with E-state index in [4.69, 9.17) is 4.43 Å². The van der Waals surface area contributed by atoms with Gasteiger partial charge in [-0.1, -0.05) is 103 Å². The van der Waals surface area contributed by atoms with Crippen LogP contribution in [0.25, 0.3) is 11.5 Å². The van der Waals surface area contributed by atoms with Gasteiger partial charge < -0.3 is 8.99 Å². The highest BCUT2D eigenvalue weighted by Gasteiger charge is 2.50. The van der Waals surface area contributed by atoms with Crippen LogP contribution < -0.4 is 21.0 Å². The van der Waals surface area contributed by atoms with Gasteiger partial charge in [0.25, 0.3) is 8.32 Å². The number of nitrogens with one attached hydrogen (secondary N) is 2. The summed E-state index contributed by atoms with van der Waals surface area (Å²) in [5, 5.41) is 16.4. The first-order chi connectivity index (χ1) is 20.7. The van der Waals surface area contributed by atoms with Crippen molar-refractivity contribution in [2.75, 3.05) is 17.2 Å². The van der Waals surface area contributed by atoms with E-state index in [2.05, 4.69) is 123 Å². The van der Waals surface area contributed by atoms with E-state index in [-0.39, 0.29) is 11.1 Å². The van der Waals surface area contributed by atoms with Crippen molar-refractivity contribution in [3.05, 3.63) is 108 Å². The summed E-state index contributed by atoms with van der Waals surface area (Å²) in [6.07, 6.45) is 3.30. The maximum absolute atomic E-state index is 12.6. The average molecular weight is 657 g/mol. The Kier molecular flexibility index (Phi) is 9.14. The van der Waals surface area contributed by atoms with Crippen molar-refractivity contribution in [3.63, 3.8) is 0 Å². The maximum Gasteiger partial charge on any atom is 0.326 e. The molecular weight excluding hydrogens is 622 g/mol. The van der Waals surface area contributed by atoms with Crippen molar-refractivity contribution < 1.29 is 9.22 Å². The fraction of sp³-hybridized carbons (Fsp3) is 0.219. The molecule has 2 N–H and O–H groups in total. The molecule has 11 heteroatoms. The second-order valence-corrected chi connectivity index (χ2v) is 16.5. The van der Waals surface area contributed by atoms with Gasteiger partial charge >= 0.3 is 6.03 Å². The number of carbonyl (C=O) groups is 1. The molecule has 1 unspecified atom stereocenters. The molecule has 2 aromatic carbocycles. The van der Waals surface area contributed by atoms with Crippen molar-refractivity contribution in [1.29, 1.82) is 0 Å². The number of hydrogen-bond acceptors (Lipinski definition) is 6. The maximum atomic E-state index is 12.6. The van der Waals surface area contributed by atoms with Crippen LogP contribution in [0.15, 0.2) is 108 Å². The van der Waals surface area contributed by atoms with Gasteiger partial charge in [0, 0.05) is 10.7 Å². The van der Waals surface area contributed by atoms with E-state index in [0.717, 1.165) is 4.47 Å². The van der Waals surface area contributed by atoms with Crippen LogP contribution in [0.2, 0.25) is 5.04 Å². The molecule has 0 fully saturated rings. The van der Waals surface area contributed by atoms with Gasteiger partial charge in [-0.15, -0.1) is 10.2 Å². The quantitative estimate of drug-likeness (QED) is 0.181. The lowest BCUT2D eigenvalue weighted by Gasteiger charge is -2.43. The molecule has 220 valence electrons. The molecule has 2 amide bonds. The summed E-state index contributed by atoms with van der Waals surface area (Å²) in [7, 11) is -2.72. The zero-order chi connectivity index (χ0) is 30.5. The highest BCUT2D eigenvalue weighted by molar-refractivity contribution is 9.10. The van der Waals surface area contributed by atoms with E-state index in [0.29, 0.717) is 29.8 Å². The number of nitrogens with zero attached hydrogens (tertiary/aromatic N) is 5. The number of rotatable bonds is 9. The standard InChI is InChI=1S/C32H34BrN7O2Si/c1-23(21-42-43(32(2,3)4,25-12-7-5-8-13-25)26-14-9-6-10-15-26)40-22-35-39-30(40)27-16-11-17-28(36-27)37-31(41)38-29-20-24(33)18-19-34-29/h5-20,22-23H,21H2,1-4H3,(H2,34,36,37,38,41). The predicted octanol–water partition coefficient (Wildman–Crippen LogP) is 6.28. The molecule has 0 aliphatic heterocycles. The van der Waals surface area contributed by atoms with Crippen LogP contribution in [-0.2, 0) is 4.43 Å². The molecule has 0 saturated heterocycles. The van der Waals surface area contributed by atoms with Crippen LogP contribution in [-0.4, -0.2) is 45.7 Å². The summed E-state index contributed by atoms with van der Waals surface area (Å²) < 4.78 is 9.93. The molecule has 3 heterocycles. The number of hydrogen-bond donors (Lipinski definition) is 2. The summed E-state index contributed by atoms with van der Waals surface area (Å²) in [5.74, 6) is 1.37. The Labute approximate surface area is 261 Å². The van der Waals surface area contributed by atoms with Crippen LogP contribution in [0.1, 0.15) is 33.7 Å². The number of halogens is 1. The van der Waals surface area contributed by atoms with Gasteiger partial charge in [-0.3, -0.25) is 10.6 Å². The van der Waals surface area contributed by atoms with E-state index in [1.807, 2.05) is 28.8 Å². The minimum atomic E-state index is -2.72. The minimum Gasteiger partial charge on any atom is -0.405 e. The smallest absolute Gasteiger partial charge is 0.326 e. The first-order valence-electron chi connectivity index (χ1n) is 14.0. The normalized spacial score (nSPS) is 12.5. The third-order valence-corrected chi connectivity index (χ3v) is 12.7. The molecule has 43 heavy (non-hydrogen) atoms. The van der Waals surface area contributed by atoms with Crippen LogP contribution in [0.4, 0.5) is 16.4 Å². The number of pyridine rings is 2. The largest absolute Gasteiger partial charge is 0.405 e. The first-order valence-corrected chi connectivity index (χ1v) is 16.7. The second-order valence-electron chi connectivity index (χ2n) is 11.2. The van der Waals surface area contributed by atoms with E-state index >= 15 is 0 Å². The fourth-order valence-electron chi connectivity index (χ4n) is 5.20. The predicted molar refractivity (Wildman–Crippen MR) is 176 cm³/mol. The number of urea groups is 1. The topological polar surface area (TPSA) is 107 Å². The molecule has 9 nitrogen and oxygen atoms in total. The van der Waals surface area contributed by atoms with E-state index in [9.17, 15) is 4.79 Å². The summed E-state index contributed by atoms with van der Waals surface area (Å²) in [5.41, 5.74) is 0.577. The van der Waals surface area contributed by atoms with Gasteiger partial charge in [0.15, 0.2) is 5.82 Å². The molecule has 0 bridgehead atoms. The lowest BCUT2D eigenvalue weighted by Crippen LogP contribution is -2.66. The van der Waals surface area contributed by atoms with Gasteiger partial charge in [0.1, 0.15) is 23.7 Å². The number of aromatic nitrogens is 5. The van der Waals surface area contributed by atoms with E-state index < -0.39 is 14.3 Å². The molecule has 5 rings (SSSR count). The van der Waals surface area contributed by atoms with Crippen molar-refractivity contribution in [1.82, 2.24) is 24.7 Å². The number of anilines is 2. The average Bonchev–Trinajstić information content (AvgIpc) is 3.48. The van der Waals surface area contributed by atoms with Crippen molar-refractivity contribution in [2.24, 2.45) is 0 Å².